The van der Waals surface area contributed by atoms with Crippen molar-refractivity contribution in [3.05, 3.63) is 47.5 Å². The van der Waals surface area contributed by atoms with Crippen molar-refractivity contribution in [3.8, 4) is 0 Å². The molecule has 7 heteroatoms. The van der Waals surface area contributed by atoms with Crippen LogP contribution in [-0.4, -0.2) is 35.7 Å². The fourth-order valence-corrected chi connectivity index (χ4v) is 4.66. The molecule has 2 aromatic rings. The van der Waals surface area contributed by atoms with Crippen LogP contribution in [0.15, 0.2) is 35.6 Å². The summed E-state index contributed by atoms with van der Waals surface area (Å²) < 4.78 is 39.4. The zero-order valence-electron chi connectivity index (χ0n) is 16.2. The Hall–Kier alpha value is -1.73. The highest BCUT2D eigenvalue weighted by molar-refractivity contribution is 7.90. The summed E-state index contributed by atoms with van der Waals surface area (Å²) in [5.74, 6) is 0.0848. The molecule has 1 aromatic heterocycles. The minimum Gasteiger partial charge on any atom is -0.317 e. The Labute approximate surface area is 161 Å². The van der Waals surface area contributed by atoms with Crippen LogP contribution in [0.5, 0.6) is 0 Å². The van der Waals surface area contributed by atoms with Crippen molar-refractivity contribution >= 4 is 9.84 Å². The molecule has 1 aliphatic rings. The first kappa shape index (κ1) is 20.0. The summed E-state index contributed by atoms with van der Waals surface area (Å²) in [5, 5.41) is 0.140. The van der Waals surface area contributed by atoms with Crippen LogP contribution in [0.25, 0.3) is 0 Å². The third-order valence-electron chi connectivity index (χ3n) is 5.01. The quantitative estimate of drug-likeness (QED) is 0.749. The number of likely N-dealkylation sites (tertiary alicyclic amines) is 1. The first-order valence-electron chi connectivity index (χ1n) is 9.49. The second-order valence-corrected chi connectivity index (χ2v) is 9.75. The van der Waals surface area contributed by atoms with Gasteiger partial charge in [-0.1, -0.05) is 32.4 Å². The van der Waals surface area contributed by atoms with E-state index < -0.39 is 9.84 Å². The molecule has 27 heavy (non-hydrogen) atoms. The molecule has 1 fully saturated rings. The third-order valence-corrected chi connectivity index (χ3v) is 6.00. The highest BCUT2D eigenvalue weighted by Gasteiger charge is 2.27. The molecule has 3 rings (SSSR count). The summed E-state index contributed by atoms with van der Waals surface area (Å²) in [4.78, 5) is 6.57. The second-order valence-electron chi connectivity index (χ2n) is 7.84. The maximum atomic E-state index is 13.3. The van der Waals surface area contributed by atoms with Crippen LogP contribution in [0, 0.1) is 11.7 Å². The van der Waals surface area contributed by atoms with Crippen molar-refractivity contribution < 1.29 is 12.8 Å². The lowest BCUT2D eigenvalue weighted by Crippen LogP contribution is -2.34. The number of halogens is 1. The molecule has 1 unspecified atom stereocenters. The first-order chi connectivity index (χ1) is 12.8. The summed E-state index contributed by atoms with van der Waals surface area (Å²) in [6.45, 7) is 6.32. The van der Waals surface area contributed by atoms with Crippen molar-refractivity contribution in [3.63, 3.8) is 0 Å². The van der Waals surface area contributed by atoms with Gasteiger partial charge in [0.25, 0.3) is 0 Å². The molecule has 1 aromatic carbocycles. The smallest absolute Gasteiger partial charge is 0.227 e. The predicted octanol–water partition coefficient (Wildman–Crippen LogP) is 3.81. The number of benzene rings is 1. The van der Waals surface area contributed by atoms with E-state index in [1.165, 1.54) is 18.4 Å². The van der Waals surface area contributed by atoms with Crippen LogP contribution >= 0.6 is 0 Å². The number of sulfone groups is 1. The molecule has 2 heterocycles. The van der Waals surface area contributed by atoms with E-state index in [1.54, 1.807) is 6.20 Å². The van der Waals surface area contributed by atoms with E-state index in [0.29, 0.717) is 19.0 Å². The molecule has 0 saturated carbocycles. The van der Waals surface area contributed by atoms with Gasteiger partial charge in [0.15, 0.2) is 0 Å². The Morgan fingerprint density at radius 1 is 1.22 bits per heavy atom. The minimum atomic E-state index is -3.38. The number of piperidine rings is 1. The Bertz CT molecular complexity index is 875. The van der Waals surface area contributed by atoms with Gasteiger partial charge >= 0.3 is 0 Å². The van der Waals surface area contributed by atoms with Gasteiger partial charge in [0.1, 0.15) is 5.82 Å². The zero-order chi connectivity index (χ0) is 19.6. The minimum absolute atomic E-state index is 0.140. The fourth-order valence-electron chi connectivity index (χ4n) is 3.83. The molecule has 0 spiro atoms. The molecule has 1 atom stereocenters. The molecule has 5 nitrogen and oxygen atoms in total. The lowest BCUT2D eigenvalue weighted by atomic mass is 9.95. The summed E-state index contributed by atoms with van der Waals surface area (Å²) in [5.41, 5.74) is 2.02. The largest absolute Gasteiger partial charge is 0.317 e. The molecule has 0 bridgehead atoms. The fraction of sp³-hybridized carbons (Fsp3) is 0.550. The van der Waals surface area contributed by atoms with Crippen molar-refractivity contribution in [1.29, 1.82) is 0 Å². The summed E-state index contributed by atoms with van der Waals surface area (Å²) >= 11 is 0. The van der Waals surface area contributed by atoms with Crippen molar-refractivity contribution in [2.75, 3.05) is 12.8 Å². The van der Waals surface area contributed by atoms with Crippen LogP contribution in [0.3, 0.4) is 0 Å². The number of hydrogen-bond acceptors (Lipinski definition) is 4. The molecule has 148 valence electrons. The number of imidazole rings is 1. The molecule has 0 aliphatic carbocycles. The van der Waals surface area contributed by atoms with Crippen molar-refractivity contribution in [2.24, 2.45) is 5.92 Å². The first-order valence-corrected chi connectivity index (χ1v) is 11.4. The van der Waals surface area contributed by atoms with Gasteiger partial charge in [0.05, 0.1) is 11.9 Å². The molecule has 0 N–H and O–H groups in total. The van der Waals surface area contributed by atoms with Gasteiger partial charge in [-0.25, -0.2) is 17.8 Å². The summed E-state index contributed by atoms with van der Waals surface area (Å²) in [7, 11) is -3.38. The normalized spacial score (nSPS) is 18.9. The molecule has 1 aliphatic heterocycles. The van der Waals surface area contributed by atoms with E-state index in [1.807, 2.05) is 16.7 Å². The van der Waals surface area contributed by atoms with E-state index in [2.05, 4.69) is 23.7 Å². The van der Waals surface area contributed by atoms with E-state index in [-0.39, 0.29) is 17.0 Å². The lowest BCUT2D eigenvalue weighted by molar-refractivity contribution is 0.136. The monoisotopic (exact) mass is 393 g/mol. The van der Waals surface area contributed by atoms with E-state index in [9.17, 15) is 12.8 Å². The van der Waals surface area contributed by atoms with E-state index in [0.717, 1.165) is 37.1 Å². The third kappa shape index (κ3) is 4.76. The molecule has 0 amide bonds. The Morgan fingerprint density at radius 2 is 1.93 bits per heavy atom. The van der Waals surface area contributed by atoms with Gasteiger partial charge in [-0.2, -0.15) is 0 Å². The number of nitrogens with zero attached hydrogens (tertiary/aromatic N) is 3. The van der Waals surface area contributed by atoms with Crippen molar-refractivity contribution in [2.45, 2.75) is 57.4 Å². The average Bonchev–Trinajstić information content (AvgIpc) is 2.98. The van der Waals surface area contributed by atoms with Crippen LogP contribution < -0.4 is 0 Å². The van der Waals surface area contributed by atoms with Gasteiger partial charge in [-0.3, -0.25) is 4.90 Å². The summed E-state index contributed by atoms with van der Waals surface area (Å²) in [6, 6.07) is 6.93. The molecule has 1 saturated heterocycles. The SMILES string of the molecule is CC(C)Cn1c(CN2CCCCC2c2ccc(F)cc2)cnc1S(C)(=O)=O. The van der Waals surface area contributed by atoms with Crippen molar-refractivity contribution in [1.82, 2.24) is 14.5 Å². The Balaban J connectivity index is 1.90. The predicted molar refractivity (Wildman–Crippen MR) is 104 cm³/mol. The highest BCUT2D eigenvalue weighted by atomic mass is 32.2. The zero-order valence-corrected chi connectivity index (χ0v) is 17.0. The van der Waals surface area contributed by atoms with Gasteiger partial charge in [0.2, 0.25) is 15.0 Å². The van der Waals surface area contributed by atoms with Crippen LogP contribution in [0.2, 0.25) is 0 Å². The van der Waals surface area contributed by atoms with E-state index >= 15 is 0 Å². The van der Waals surface area contributed by atoms with Crippen LogP contribution in [0.4, 0.5) is 4.39 Å². The van der Waals surface area contributed by atoms with Gasteiger partial charge < -0.3 is 4.57 Å². The lowest BCUT2D eigenvalue weighted by Gasteiger charge is -2.36. The Morgan fingerprint density at radius 3 is 2.56 bits per heavy atom. The molecular formula is C20H28FN3O2S. The second kappa shape index (κ2) is 8.10. The highest BCUT2D eigenvalue weighted by Crippen LogP contribution is 2.32. The van der Waals surface area contributed by atoms with Crippen LogP contribution in [-0.2, 0) is 22.9 Å². The number of rotatable bonds is 6. The number of aromatic nitrogens is 2. The van der Waals surface area contributed by atoms with Gasteiger partial charge in [-0.15, -0.1) is 0 Å². The van der Waals surface area contributed by atoms with Gasteiger partial charge in [-0.05, 0) is 43.0 Å². The topological polar surface area (TPSA) is 55.2 Å². The van der Waals surface area contributed by atoms with E-state index in [4.69, 9.17) is 0 Å². The summed E-state index contributed by atoms with van der Waals surface area (Å²) in [6.07, 6.45) is 6.16. The molecule has 0 radical (unpaired) electrons. The Kier molecular flexibility index (Phi) is 6.01. The average molecular weight is 394 g/mol. The van der Waals surface area contributed by atoms with Crippen LogP contribution in [0.1, 0.15) is 50.4 Å². The number of hydrogen-bond donors (Lipinski definition) is 0. The maximum Gasteiger partial charge on any atom is 0.227 e. The molecular weight excluding hydrogens is 365 g/mol. The maximum absolute atomic E-state index is 13.3. The van der Waals surface area contributed by atoms with Gasteiger partial charge in [0, 0.05) is 25.4 Å². The standard InChI is InChI=1S/C20H28FN3O2S/c1-15(2)13-24-18(12-22-20(24)27(3,25)26)14-23-11-5-4-6-19(23)16-7-9-17(21)10-8-16/h7-10,12,15,19H,4-6,11,13-14H2,1-3H3.